The molecule has 6 nitrogen and oxygen atoms in total. The van der Waals surface area contributed by atoms with E-state index in [-0.39, 0.29) is 16.6 Å². The number of nitrogens with one attached hydrogen (secondary N) is 3. The predicted octanol–water partition coefficient (Wildman–Crippen LogP) is 2.59. The van der Waals surface area contributed by atoms with E-state index in [1.165, 1.54) is 12.1 Å². The van der Waals surface area contributed by atoms with Crippen LogP contribution in [0.15, 0.2) is 52.2 Å². The Balaban J connectivity index is 1.92. The minimum absolute atomic E-state index is 0.121. The van der Waals surface area contributed by atoms with Gasteiger partial charge in [0.05, 0.1) is 15.9 Å². The molecule has 0 aliphatic carbocycles. The van der Waals surface area contributed by atoms with Gasteiger partial charge in [0.15, 0.2) is 0 Å². The van der Waals surface area contributed by atoms with Crippen molar-refractivity contribution >= 4 is 21.1 Å². The molecule has 3 rings (SSSR count). The molecule has 7 heteroatoms. The van der Waals surface area contributed by atoms with Crippen molar-refractivity contribution in [3.63, 3.8) is 0 Å². The third-order valence-corrected chi connectivity index (χ3v) is 5.45. The summed E-state index contributed by atoms with van der Waals surface area (Å²) in [6.45, 7) is 3.92. The Morgan fingerprint density at radius 2 is 1.71 bits per heavy atom. The Labute approximate surface area is 140 Å². The van der Waals surface area contributed by atoms with Crippen LogP contribution in [-0.4, -0.2) is 18.4 Å². The normalized spacial score (nSPS) is 13.2. The lowest BCUT2D eigenvalue weighted by atomic mass is 10.0. The van der Waals surface area contributed by atoms with Gasteiger partial charge < -0.3 is 9.97 Å². The van der Waals surface area contributed by atoms with Gasteiger partial charge in [0.1, 0.15) is 0 Å². The average Bonchev–Trinajstić information content (AvgIpc) is 2.92. The number of hydrogen-bond acceptors (Lipinski definition) is 3. The molecule has 0 aliphatic heterocycles. The first-order chi connectivity index (χ1) is 11.4. The number of hydrogen-bond donors (Lipinski definition) is 3. The van der Waals surface area contributed by atoms with E-state index in [9.17, 15) is 13.2 Å². The molecule has 126 valence electrons. The summed E-state index contributed by atoms with van der Waals surface area (Å²) in [7, 11) is -3.70. The van der Waals surface area contributed by atoms with E-state index in [0.29, 0.717) is 17.5 Å². The minimum atomic E-state index is -3.70. The third kappa shape index (κ3) is 3.27. The first-order valence-corrected chi connectivity index (χ1v) is 9.18. The molecule has 0 saturated carbocycles. The van der Waals surface area contributed by atoms with Gasteiger partial charge in [0.2, 0.25) is 10.0 Å². The Bertz CT molecular complexity index is 1020. The summed E-state index contributed by atoms with van der Waals surface area (Å²) in [6, 6.07) is 12.0. The van der Waals surface area contributed by atoms with Gasteiger partial charge in [-0.2, -0.15) is 0 Å². The first-order valence-electron chi connectivity index (χ1n) is 7.70. The van der Waals surface area contributed by atoms with E-state index in [1.54, 1.807) is 6.07 Å². The maximum absolute atomic E-state index is 12.7. The Morgan fingerprint density at radius 1 is 1.04 bits per heavy atom. The number of aryl methyl sites for hydroxylation is 1. The maximum atomic E-state index is 12.7. The molecule has 0 amide bonds. The molecule has 0 bridgehead atoms. The highest BCUT2D eigenvalue weighted by molar-refractivity contribution is 7.89. The van der Waals surface area contributed by atoms with Crippen molar-refractivity contribution in [2.24, 2.45) is 0 Å². The van der Waals surface area contributed by atoms with E-state index in [0.717, 1.165) is 11.1 Å². The SMILES string of the molecule is CC[C@@H](NS(=O)(=O)c1ccc2[nH]c(=O)[nH]c2c1)c1ccc(C)cc1. The van der Waals surface area contributed by atoms with Gasteiger partial charge in [-0.3, -0.25) is 0 Å². The summed E-state index contributed by atoms with van der Waals surface area (Å²) in [4.78, 5) is 16.6. The van der Waals surface area contributed by atoms with E-state index >= 15 is 0 Å². The van der Waals surface area contributed by atoms with Crippen LogP contribution in [0.3, 0.4) is 0 Å². The van der Waals surface area contributed by atoms with E-state index in [4.69, 9.17) is 0 Å². The van der Waals surface area contributed by atoms with Gasteiger partial charge in [-0.1, -0.05) is 36.8 Å². The van der Waals surface area contributed by atoms with Gasteiger partial charge in [0, 0.05) is 6.04 Å². The van der Waals surface area contributed by atoms with Crippen LogP contribution in [0.25, 0.3) is 11.0 Å². The highest BCUT2D eigenvalue weighted by Gasteiger charge is 2.21. The topological polar surface area (TPSA) is 94.8 Å². The minimum Gasteiger partial charge on any atom is -0.306 e. The molecule has 0 spiro atoms. The average molecular weight is 345 g/mol. The number of imidazole rings is 1. The molecule has 1 atom stereocenters. The summed E-state index contributed by atoms with van der Waals surface area (Å²) in [5, 5.41) is 0. The monoisotopic (exact) mass is 345 g/mol. The van der Waals surface area contributed by atoms with Crippen molar-refractivity contribution in [1.82, 2.24) is 14.7 Å². The van der Waals surface area contributed by atoms with Gasteiger partial charge in [-0.05, 0) is 37.1 Å². The second-order valence-corrected chi connectivity index (χ2v) is 7.49. The van der Waals surface area contributed by atoms with Crippen LogP contribution in [-0.2, 0) is 10.0 Å². The zero-order valence-corrected chi connectivity index (χ0v) is 14.3. The summed E-state index contributed by atoms with van der Waals surface area (Å²) in [5.74, 6) is 0. The summed E-state index contributed by atoms with van der Waals surface area (Å²) in [6.07, 6.45) is 0.630. The lowest BCUT2D eigenvalue weighted by Crippen LogP contribution is -2.28. The predicted molar refractivity (Wildman–Crippen MR) is 93.5 cm³/mol. The summed E-state index contributed by atoms with van der Waals surface area (Å²) in [5.41, 5.74) is 2.72. The highest BCUT2D eigenvalue weighted by atomic mass is 32.2. The van der Waals surface area contributed by atoms with Crippen LogP contribution in [0.4, 0.5) is 0 Å². The molecular weight excluding hydrogens is 326 g/mol. The standard InChI is InChI=1S/C17H19N3O3S/c1-3-14(12-6-4-11(2)5-7-12)20-24(22,23)13-8-9-15-16(10-13)19-17(21)18-15/h4-10,14,20H,3H2,1-2H3,(H2,18,19,21)/t14-/m1/s1. The molecular formula is C17H19N3O3S. The molecule has 0 radical (unpaired) electrons. The number of sulfonamides is 1. The molecule has 0 saturated heterocycles. The smallest absolute Gasteiger partial charge is 0.306 e. The molecule has 24 heavy (non-hydrogen) atoms. The molecule has 2 aromatic carbocycles. The van der Waals surface area contributed by atoms with Gasteiger partial charge in [-0.15, -0.1) is 0 Å². The zero-order chi connectivity index (χ0) is 17.3. The molecule has 1 heterocycles. The van der Waals surface area contributed by atoms with Crippen molar-refractivity contribution in [1.29, 1.82) is 0 Å². The lowest BCUT2D eigenvalue weighted by Gasteiger charge is -2.18. The van der Waals surface area contributed by atoms with Crippen molar-refractivity contribution in [2.75, 3.05) is 0 Å². The molecule has 1 aromatic heterocycles. The van der Waals surface area contributed by atoms with Crippen molar-refractivity contribution in [2.45, 2.75) is 31.2 Å². The van der Waals surface area contributed by atoms with Gasteiger partial charge in [0.25, 0.3) is 0 Å². The second kappa shape index (κ2) is 6.26. The molecule has 0 fully saturated rings. The van der Waals surface area contributed by atoms with Crippen molar-refractivity contribution < 1.29 is 8.42 Å². The summed E-state index contributed by atoms with van der Waals surface area (Å²) < 4.78 is 28.1. The highest BCUT2D eigenvalue weighted by Crippen LogP contribution is 2.22. The molecule has 0 unspecified atom stereocenters. The van der Waals surface area contributed by atoms with Crippen LogP contribution in [0.1, 0.15) is 30.5 Å². The number of aromatic nitrogens is 2. The van der Waals surface area contributed by atoms with Gasteiger partial charge in [-0.25, -0.2) is 17.9 Å². The summed E-state index contributed by atoms with van der Waals surface area (Å²) >= 11 is 0. The van der Waals surface area contributed by atoms with Crippen LogP contribution >= 0.6 is 0 Å². The van der Waals surface area contributed by atoms with E-state index in [2.05, 4.69) is 14.7 Å². The van der Waals surface area contributed by atoms with Crippen LogP contribution in [0.5, 0.6) is 0 Å². The number of fused-ring (bicyclic) bond motifs is 1. The second-order valence-electron chi connectivity index (χ2n) is 5.78. The fraction of sp³-hybridized carbons (Fsp3) is 0.235. The Kier molecular flexibility index (Phi) is 4.29. The molecule has 3 N–H and O–H groups in total. The number of benzene rings is 2. The molecule has 0 aliphatic rings. The van der Waals surface area contributed by atoms with Crippen LogP contribution in [0, 0.1) is 6.92 Å². The lowest BCUT2D eigenvalue weighted by molar-refractivity contribution is 0.550. The first kappa shape index (κ1) is 16.5. The van der Waals surface area contributed by atoms with E-state index in [1.807, 2.05) is 38.1 Å². The fourth-order valence-corrected chi connectivity index (χ4v) is 3.95. The number of aromatic amines is 2. The zero-order valence-electron chi connectivity index (χ0n) is 13.5. The van der Waals surface area contributed by atoms with Crippen molar-refractivity contribution in [3.8, 4) is 0 Å². The number of H-pyrrole nitrogens is 2. The van der Waals surface area contributed by atoms with Crippen LogP contribution in [0.2, 0.25) is 0 Å². The largest absolute Gasteiger partial charge is 0.323 e. The number of rotatable bonds is 5. The Hall–Kier alpha value is -2.38. The Morgan fingerprint density at radius 3 is 2.38 bits per heavy atom. The molecule has 3 aromatic rings. The maximum Gasteiger partial charge on any atom is 0.323 e. The van der Waals surface area contributed by atoms with Gasteiger partial charge >= 0.3 is 5.69 Å². The van der Waals surface area contributed by atoms with Crippen molar-refractivity contribution in [3.05, 3.63) is 64.1 Å². The van der Waals surface area contributed by atoms with Crippen LogP contribution < -0.4 is 10.4 Å². The fourth-order valence-electron chi connectivity index (χ4n) is 2.62. The third-order valence-electron chi connectivity index (χ3n) is 3.98. The quantitative estimate of drug-likeness (QED) is 0.663. The van der Waals surface area contributed by atoms with E-state index < -0.39 is 10.0 Å².